The van der Waals surface area contributed by atoms with Crippen LogP contribution in [0.4, 0.5) is 0 Å². The molecule has 0 aliphatic heterocycles. The summed E-state index contributed by atoms with van der Waals surface area (Å²) in [6.45, 7) is 4.86. The lowest BCUT2D eigenvalue weighted by Crippen LogP contribution is -2.40. The summed E-state index contributed by atoms with van der Waals surface area (Å²) in [5.41, 5.74) is 10.3. The van der Waals surface area contributed by atoms with Gasteiger partial charge in [-0.05, 0) is 13.5 Å². The van der Waals surface area contributed by atoms with E-state index in [1.165, 1.54) is 0 Å². The third-order valence-corrected chi connectivity index (χ3v) is 0.557. The molecule has 0 aliphatic carbocycles. The highest BCUT2D eigenvalue weighted by molar-refractivity contribution is 4.55. The molecule has 0 amide bonds. The van der Waals surface area contributed by atoms with E-state index in [-0.39, 0.29) is 6.17 Å². The predicted molar refractivity (Wildman–Crippen MR) is 30.4 cm³/mol. The van der Waals surface area contributed by atoms with Crippen molar-refractivity contribution in [3.8, 4) is 0 Å². The van der Waals surface area contributed by atoms with Crippen LogP contribution in [-0.4, -0.2) is 19.3 Å². The monoisotopic (exact) mass is 102 g/mol. The standard InChI is InChI=1S/C4H12N3/c1-2-7-3-4(5)6/h4,7H,1-3,5-6H2. The molecule has 3 heteroatoms. The molecule has 0 fully saturated rings. The van der Waals surface area contributed by atoms with Crippen LogP contribution >= 0.6 is 0 Å². The van der Waals surface area contributed by atoms with E-state index in [1.54, 1.807) is 0 Å². The van der Waals surface area contributed by atoms with Crippen molar-refractivity contribution in [2.45, 2.75) is 6.17 Å². The lowest BCUT2D eigenvalue weighted by Gasteiger charge is -2.02. The van der Waals surface area contributed by atoms with Gasteiger partial charge in [-0.25, -0.2) is 0 Å². The normalized spacial score (nSPS) is 10.3. The van der Waals surface area contributed by atoms with Gasteiger partial charge in [0, 0.05) is 6.54 Å². The van der Waals surface area contributed by atoms with Crippen LogP contribution in [0.1, 0.15) is 0 Å². The fourth-order valence-electron chi connectivity index (χ4n) is 0.269. The van der Waals surface area contributed by atoms with Gasteiger partial charge in [0.15, 0.2) is 0 Å². The molecular formula is C4H12N3. The van der Waals surface area contributed by atoms with E-state index in [2.05, 4.69) is 12.2 Å². The first-order valence-electron chi connectivity index (χ1n) is 2.28. The molecule has 0 atom stereocenters. The molecule has 0 bridgehead atoms. The maximum Gasteiger partial charge on any atom is 0.0649 e. The molecule has 0 rings (SSSR count). The minimum atomic E-state index is -0.248. The zero-order valence-corrected chi connectivity index (χ0v) is 4.35. The molecular weight excluding hydrogens is 90.1 g/mol. The van der Waals surface area contributed by atoms with Gasteiger partial charge < -0.3 is 16.8 Å². The van der Waals surface area contributed by atoms with E-state index in [9.17, 15) is 0 Å². The van der Waals surface area contributed by atoms with Crippen molar-refractivity contribution in [2.75, 3.05) is 13.1 Å². The van der Waals surface area contributed by atoms with E-state index in [4.69, 9.17) is 11.5 Å². The van der Waals surface area contributed by atoms with Gasteiger partial charge in [0.25, 0.3) is 0 Å². The summed E-state index contributed by atoms with van der Waals surface area (Å²) in [4.78, 5) is 0. The van der Waals surface area contributed by atoms with Gasteiger partial charge >= 0.3 is 0 Å². The molecule has 0 heterocycles. The summed E-state index contributed by atoms with van der Waals surface area (Å²) in [7, 11) is 0. The Morgan fingerprint density at radius 1 is 1.57 bits per heavy atom. The maximum absolute atomic E-state index is 5.17. The molecule has 0 saturated heterocycles. The Morgan fingerprint density at radius 3 is 2.29 bits per heavy atom. The molecule has 0 unspecified atom stereocenters. The van der Waals surface area contributed by atoms with Crippen molar-refractivity contribution in [3.05, 3.63) is 6.92 Å². The van der Waals surface area contributed by atoms with E-state index in [0.29, 0.717) is 13.1 Å². The molecule has 43 valence electrons. The highest BCUT2D eigenvalue weighted by Crippen LogP contribution is 1.56. The minimum Gasteiger partial charge on any atom is -0.315 e. The summed E-state index contributed by atoms with van der Waals surface area (Å²) >= 11 is 0. The van der Waals surface area contributed by atoms with Crippen molar-refractivity contribution < 1.29 is 0 Å². The van der Waals surface area contributed by atoms with Crippen LogP contribution in [-0.2, 0) is 0 Å². The van der Waals surface area contributed by atoms with Crippen LogP contribution in [0.25, 0.3) is 0 Å². The zero-order valence-electron chi connectivity index (χ0n) is 4.35. The van der Waals surface area contributed by atoms with Crippen molar-refractivity contribution >= 4 is 0 Å². The minimum absolute atomic E-state index is 0.248. The van der Waals surface area contributed by atoms with E-state index < -0.39 is 0 Å². The summed E-state index contributed by atoms with van der Waals surface area (Å²) in [5, 5.41) is 2.89. The Balaban J connectivity index is 2.68. The Labute approximate surface area is 44.1 Å². The quantitative estimate of drug-likeness (QED) is 0.386. The number of hydrogen-bond donors (Lipinski definition) is 3. The Kier molecular flexibility index (Phi) is 3.98. The topological polar surface area (TPSA) is 64.1 Å². The summed E-state index contributed by atoms with van der Waals surface area (Å²) in [6.07, 6.45) is -0.248. The van der Waals surface area contributed by atoms with E-state index >= 15 is 0 Å². The number of nitrogens with one attached hydrogen (secondary N) is 1. The molecule has 0 saturated carbocycles. The van der Waals surface area contributed by atoms with Gasteiger partial charge in [0.2, 0.25) is 0 Å². The summed E-state index contributed by atoms with van der Waals surface area (Å²) in [6, 6.07) is 0. The molecule has 0 aromatic rings. The third kappa shape index (κ3) is 5.88. The van der Waals surface area contributed by atoms with Crippen LogP contribution in [0.2, 0.25) is 0 Å². The number of rotatable bonds is 3. The molecule has 0 aliphatic rings. The van der Waals surface area contributed by atoms with Gasteiger partial charge in [-0.3, -0.25) is 0 Å². The summed E-state index contributed by atoms with van der Waals surface area (Å²) < 4.78 is 0. The molecule has 7 heavy (non-hydrogen) atoms. The first-order chi connectivity index (χ1) is 3.27. The smallest absolute Gasteiger partial charge is 0.0649 e. The molecule has 0 aromatic heterocycles. The van der Waals surface area contributed by atoms with Crippen LogP contribution in [0.15, 0.2) is 0 Å². The number of hydrogen-bond acceptors (Lipinski definition) is 3. The van der Waals surface area contributed by atoms with Crippen molar-refractivity contribution in [3.63, 3.8) is 0 Å². The van der Waals surface area contributed by atoms with Gasteiger partial charge in [-0.15, -0.1) is 0 Å². The Morgan fingerprint density at radius 2 is 2.14 bits per heavy atom. The highest BCUT2D eigenvalue weighted by Gasteiger charge is 1.86. The fourth-order valence-corrected chi connectivity index (χ4v) is 0.269. The van der Waals surface area contributed by atoms with Crippen LogP contribution in [0.3, 0.4) is 0 Å². The second kappa shape index (κ2) is 4.05. The van der Waals surface area contributed by atoms with Gasteiger partial charge in [-0.1, -0.05) is 0 Å². The van der Waals surface area contributed by atoms with Crippen LogP contribution < -0.4 is 16.8 Å². The van der Waals surface area contributed by atoms with Crippen LogP contribution in [0, 0.1) is 6.92 Å². The lowest BCUT2D eigenvalue weighted by molar-refractivity contribution is 0.620. The number of nitrogens with two attached hydrogens (primary N) is 2. The fraction of sp³-hybridized carbons (Fsp3) is 0.750. The summed E-state index contributed by atoms with van der Waals surface area (Å²) in [5.74, 6) is 0. The molecule has 0 aromatic carbocycles. The van der Waals surface area contributed by atoms with Gasteiger partial charge in [0.1, 0.15) is 0 Å². The second-order valence-corrected chi connectivity index (χ2v) is 1.37. The zero-order chi connectivity index (χ0) is 5.70. The average Bonchev–Trinajstić information content (AvgIpc) is 1.61. The second-order valence-electron chi connectivity index (χ2n) is 1.37. The Hall–Kier alpha value is -0.120. The first kappa shape index (κ1) is 6.88. The van der Waals surface area contributed by atoms with Crippen molar-refractivity contribution in [1.82, 2.24) is 5.32 Å². The SMILES string of the molecule is [CH2]CNCC(N)N. The first-order valence-corrected chi connectivity index (χ1v) is 2.28. The molecule has 0 spiro atoms. The van der Waals surface area contributed by atoms with E-state index in [0.717, 1.165) is 0 Å². The average molecular weight is 102 g/mol. The highest BCUT2D eigenvalue weighted by atomic mass is 15.0. The van der Waals surface area contributed by atoms with Crippen molar-refractivity contribution in [2.24, 2.45) is 11.5 Å². The van der Waals surface area contributed by atoms with Crippen LogP contribution in [0.5, 0.6) is 0 Å². The maximum atomic E-state index is 5.17. The van der Waals surface area contributed by atoms with Crippen molar-refractivity contribution in [1.29, 1.82) is 0 Å². The molecule has 1 radical (unpaired) electrons. The Bertz CT molecular complexity index is 35.9. The van der Waals surface area contributed by atoms with Gasteiger partial charge in [0.05, 0.1) is 6.17 Å². The predicted octanol–water partition coefficient (Wildman–Crippen LogP) is -1.35. The largest absolute Gasteiger partial charge is 0.315 e. The molecule has 3 nitrogen and oxygen atoms in total. The molecule has 5 N–H and O–H groups in total. The van der Waals surface area contributed by atoms with Gasteiger partial charge in [-0.2, -0.15) is 0 Å². The van der Waals surface area contributed by atoms with E-state index in [1.807, 2.05) is 0 Å². The third-order valence-electron chi connectivity index (χ3n) is 0.557. The lowest BCUT2D eigenvalue weighted by atomic mass is 10.5.